The van der Waals surface area contributed by atoms with Gasteiger partial charge in [0.25, 0.3) is 0 Å². The van der Waals surface area contributed by atoms with Crippen molar-refractivity contribution in [1.82, 2.24) is 0 Å². The maximum Gasteiger partial charge on any atom is 0.171 e. The molecule has 0 bridgehead atoms. The summed E-state index contributed by atoms with van der Waals surface area (Å²) in [5.41, 5.74) is 1.50. The SMILES string of the molecule is COc1c(C)ccc(C(C)=O)c1OC. The number of carbonyl (C=O) groups is 1. The van der Waals surface area contributed by atoms with E-state index in [1.54, 1.807) is 13.2 Å². The molecule has 3 heteroatoms. The predicted octanol–water partition coefficient (Wildman–Crippen LogP) is 2.21. The lowest BCUT2D eigenvalue weighted by Gasteiger charge is -2.12. The molecule has 0 heterocycles. The van der Waals surface area contributed by atoms with E-state index in [-0.39, 0.29) is 5.78 Å². The molecule has 76 valence electrons. The van der Waals surface area contributed by atoms with Gasteiger partial charge in [0.15, 0.2) is 17.3 Å². The Balaban J connectivity index is 3.40. The molecule has 0 unspecified atom stereocenters. The largest absolute Gasteiger partial charge is 0.493 e. The molecule has 0 fully saturated rings. The molecule has 3 nitrogen and oxygen atoms in total. The molecule has 0 aliphatic heterocycles. The maximum atomic E-state index is 11.3. The van der Waals surface area contributed by atoms with Crippen LogP contribution < -0.4 is 9.47 Å². The summed E-state index contributed by atoms with van der Waals surface area (Å²) in [7, 11) is 3.10. The van der Waals surface area contributed by atoms with Crippen LogP contribution in [0.3, 0.4) is 0 Å². The fourth-order valence-electron chi connectivity index (χ4n) is 1.39. The topological polar surface area (TPSA) is 35.5 Å². The first-order chi connectivity index (χ1) is 6.61. The van der Waals surface area contributed by atoms with Gasteiger partial charge in [0.1, 0.15) is 0 Å². The van der Waals surface area contributed by atoms with E-state index in [0.717, 1.165) is 5.56 Å². The highest BCUT2D eigenvalue weighted by molar-refractivity contribution is 5.97. The lowest BCUT2D eigenvalue weighted by Crippen LogP contribution is -2.01. The summed E-state index contributed by atoms with van der Waals surface area (Å²) in [4.78, 5) is 11.3. The minimum absolute atomic E-state index is 0.0276. The van der Waals surface area contributed by atoms with Gasteiger partial charge in [-0.05, 0) is 25.5 Å². The molecule has 0 N–H and O–H groups in total. The zero-order valence-electron chi connectivity index (χ0n) is 8.88. The van der Waals surface area contributed by atoms with Gasteiger partial charge in [-0.3, -0.25) is 4.79 Å². The van der Waals surface area contributed by atoms with Crippen LogP contribution in [-0.4, -0.2) is 20.0 Å². The zero-order chi connectivity index (χ0) is 10.7. The normalized spacial score (nSPS) is 9.71. The second kappa shape index (κ2) is 4.13. The highest BCUT2D eigenvalue weighted by Gasteiger charge is 2.14. The van der Waals surface area contributed by atoms with Crippen LogP contribution in [0, 0.1) is 6.92 Å². The maximum absolute atomic E-state index is 11.3. The van der Waals surface area contributed by atoms with E-state index >= 15 is 0 Å². The van der Waals surface area contributed by atoms with Gasteiger partial charge in [0.2, 0.25) is 0 Å². The van der Waals surface area contributed by atoms with Crippen molar-refractivity contribution >= 4 is 5.78 Å². The van der Waals surface area contributed by atoms with Crippen LogP contribution in [0.15, 0.2) is 12.1 Å². The number of hydrogen-bond acceptors (Lipinski definition) is 3. The highest BCUT2D eigenvalue weighted by Crippen LogP contribution is 2.34. The molecule has 0 saturated carbocycles. The van der Waals surface area contributed by atoms with E-state index in [0.29, 0.717) is 17.1 Å². The Morgan fingerprint density at radius 3 is 2.14 bits per heavy atom. The van der Waals surface area contributed by atoms with E-state index in [2.05, 4.69) is 0 Å². The second-order valence-corrected chi connectivity index (χ2v) is 3.05. The monoisotopic (exact) mass is 194 g/mol. The molecule has 1 aromatic carbocycles. The van der Waals surface area contributed by atoms with E-state index in [9.17, 15) is 4.79 Å². The number of carbonyl (C=O) groups excluding carboxylic acids is 1. The minimum atomic E-state index is -0.0276. The van der Waals surface area contributed by atoms with Crippen molar-refractivity contribution < 1.29 is 14.3 Å². The Hall–Kier alpha value is -1.51. The molecular weight excluding hydrogens is 180 g/mol. The van der Waals surface area contributed by atoms with Crippen molar-refractivity contribution in [2.45, 2.75) is 13.8 Å². The lowest BCUT2D eigenvalue weighted by molar-refractivity contribution is 0.101. The van der Waals surface area contributed by atoms with E-state index in [4.69, 9.17) is 9.47 Å². The van der Waals surface area contributed by atoms with Crippen molar-refractivity contribution in [1.29, 1.82) is 0 Å². The summed E-state index contributed by atoms with van der Waals surface area (Å²) in [5, 5.41) is 0. The summed E-state index contributed by atoms with van der Waals surface area (Å²) in [6, 6.07) is 3.59. The van der Waals surface area contributed by atoms with Gasteiger partial charge in [-0.2, -0.15) is 0 Å². The number of benzene rings is 1. The molecule has 0 radical (unpaired) electrons. The second-order valence-electron chi connectivity index (χ2n) is 3.05. The van der Waals surface area contributed by atoms with Crippen LogP contribution in [0.1, 0.15) is 22.8 Å². The molecular formula is C11H14O3. The summed E-state index contributed by atoms with van der Waals surface area (Å²) in [6.07, 6.45) is 0. The number of ether oxygens (including phenoxy) is 2. The Kier molecular flexibility index (Phi) is 3.12. The minimum Gasteiger partial charge on any atom is -0.493 e. The van der Waals surface area contributed by atoms with Crippen molar-refractivity contribution in [2.75, 3.05) is 14.2 Å². The van der Waals surface area contributed by atoms with Crippen LogP contribution in [0.25, 0.3) is 0 Å². The average Bonchev–Trinajstić information content (AvgIpc) is 2.16. The van der Waals surface area contributed by atoms with E-state index < -0.39 is 0 Å². The standard InChI is InChI=1S/C11H14O3/c1-7-5-6-9(8(2)12)11(14-4)10(7)13-3/h5-6H,1-4H3. The summed E-state index contributed by atoms with van der Waals surface area (Å²) in [5.74, 6) is 1.11. The first kappa shape index (κ1) is 10.6. The summed E-state index contributed by atoms with van der Waals surface area (Å²) < 4.78 is 10.3. The first-order valence-corrected chi connectivity index (χ1v) is 4.34. The smallest absolute Gasteiger partial charge is 0.171 e. The zero-order valence-corrected chi connectivity index (χ0v) is 8.88. The number of rotatable bonds is 3. The molecule has 0 aromatic heterocycles. The van der Waals surface area contributed by atoms with Gasteiger partial charge in [-0.1, -0.05) is 6.07 Å². The third kappa shape index (κ3) is 1.71. The number of ketones is 1. The Morgan fingerprint density at radius 2 is 1.71 bits per heavy atom. The average molecular weight is 194 g/mol. The van der Waals surface area contributed by atoms with Gasteiger partial charge >= 0.3 is 0 Å². The van der Waals surface area contributed by atoms with Crippen LogP contribution in [0.2, 0.25) is 0 Å². The van der Waals surface area contributed by atoms with Gasteiger partial charge in [-0.15, -0.1) is 0 Å². The highest BCUT2D eigenvalue weighted by atomic mass is 16.5. The van der Waals surface area contributed by atoms with Crippen molar-refractivity contribution in [2.24, 2.45) is 0 Å². The van der Waals surface area contributed by atoms with Gasteiger partial charge in [0, 0.05) is 0 Å². The van der Waals surface area contributed by atoms with Gasteiger partial charge in [0.05, 0.1) is 19.8 Å². The predicted molar refractivity (Wildman–Crippen MR) is 54.3 cm³/mol. The lowest BCUT2D eigenvalue weighted by atomic mass is 10.1. The molecule has 0 aliphatic rings. The third-order valence-corrected chi connectivity index (χ3v) is 2.10. The summed E-state index contributed by atoms with van der Waals surface area (Å²) in [6.45, 7) is 3.41. The molecule has 0 atom stereocenters. The molecule has 0 amide bonds. The van der Waals surface area contributed by atoms with Crippen LogP contribution in [0.5, 0.6) is 11.5 Å². The molecule has 14 heavy (non-hydrogen) atoms. The number of hydrogen-bond donors (Lipinski definition) is 0. The van der Waals surface area contributed by atoms with E-state index in [1.807, 2.05) is 13.0 Å². The molecule has 0 saturated heterocycles. The quantitative estimate of drug-likeness (QED) is 0.692. The number of Topliss-reactive ketones (excluding diaryl/α,β-unsaturated/α-hetero) is 1. The van der Waals surface area contributed by atoms with Gasteiger partial charge < -0.3 is 9.47 Å². The fraction of sp³-hybridized carbons (Fsp3) is 0.364. The Morgan fingerprint density at radius 1 is 1.14 bits per heavy atom. The fourth-order valence-corrected chi connectivity index (χ4v) is 1.39. The molecule has 1 aromatic rings. The third-order valence-electron chi connectivity index (χ3n) is 2.10. The first-order valence-electron chi connectivity index (χ1n) is 4.34. The van der Waals surface area contributed by atoms with Crippen LogP contribution in [-0.2, 0) is 0 Å². The summed E-state index contributed by atoms with van der Waals surface area (Å²) >= 11 is 0. The molecule has 0 spiro atoms. The van der Waals surface area contributed by atoms with Crippen LogP contribution >= 0.6 is 0 Å². The van der Waals surface area contributed by atoms with E-state index in [1.165, 1.54) is 14.0 Å². The van der Waals surface area contributed by atoms with Gasteiger partial charge in [-0.25, -0.2) is 0 Å². The number of methoxy groups -OCH3 is 2. The molecule has 0 aliphatic carbocycles. The Labute approximate surface area is 83.6 Å². The van der Waals surface area contributed by atoms with Crippen molar-refractivity contribution in [3.05, 3.63) is 23.3 Å². The van der Waals surface area contributed by atoms with Crippen LogP contribution in [0.4, 0.5) is 0 Å². The van der Waals surface area contributed by atoms with Crippen molar-refractivity contribution in [3.63, 3.8) is 0 Å². The molecule has 1 rings (SSSR count). The Bertz CT molecular complexity index is 356. The van der Waals surface area contributed by atoms with Crippen molar-refractivity contribution in [3.8, 4) is 11.5 Å². The number of aryl methyl sites for hydroxylation is 1.